The first-order chi connectivity index (χ1) is 12.8. The molecule has 8 heteroatoms. The molecule has 0 aromatic heterocycles. The van der Waals surface area contributed by atoms with E-state index < -0.39 is 12.1 Å². The van der Waals surface area contributed by atoms with Crippen LogP contribution in [0.25, 0.3) is 0 Å². The fraction of sp³-hybridized carbons (Fsp3) is 0.842. The van der Waals surface area contributed by atoms with Gasteiger partial charge in [-0.2, -0.15) is 11.8 Å². The zero-order valence-electron chi connectivity index (χ0n) is 16.9. The summed E-state index contributed by atoms with van der Waals surface area (Å²) in [5, 5.41) is 9.68. The van der Waals surface area contributed by atoms with E-state index in [2.05, 4.69) is 0 Å². The van der Waals surface area contributed by atoms with E-state index in [0.717, 1.165) is 12.8 Å². The number of hydrogen-bond acceptors (Lipinski definition) is 8. The number of carbonyl (C=O) groups excluding carboxylic acids is 3. The van der Waals surface area contributed by atoms with Gasteiger partial charge in [0.05, 0.1) is 24.9 Å². The number of aliphatic hydroxyl groups excluding tert-OH is 1. The highest BCUT2D eigenvalue weighted by Crippen LogP contribution is 2.12. The van der Waals surface area contributed by atoms with Crippen molar-refractivity contribution in [1.29, 1.82) is 0 Å². The van der Waals surface area contributed by atoms with Gasteiger partial charge < -0.3 is 19.3 Å². The van der Waals surface area contributed by atoms with E-state index >= 15 is 0 Å². The molecule has 0 aliphatic heterocycles. The van der Waals surface area contributed by atoms with Crippen LogP contribution in [0, 0.1) is 11.8 Å². The lowest BCUT2D eigenvalue weighted by molar-refractivity contribution is -0.155. The van der Waals surface area contributed by atoms with Crippen molar-refractivity contribution in [1.82, 2.24) is 0 Å². The van der Waals surface area contributed by atoms with Gasteiger partial charge in [0.15, 0.2) is 0 Å². The zero-order valence-corrected chi connectivity index (χ0v) is 17.7. The first kappa shape index (κ1) is 25.7. The highest BCUT2D eigenvalue weighted by Gasteiger charge is 2.17. The Bertz CT molecular complexity index is 442. The third kappa shape index (κ3) is 13.5. The minimum Gasteiger partial charge on any atom is -0.465 e. The number of esters is 3. The van der Waals surface area contributed by atoms with Crippen molar-refractivity contribution in [2.75, 3.05) is 31.3 Å². The predicted octanol–water partition coefficient (Wildman–Crippen LogP) is 2.58. The molecule has 0 rings (SSSR count). The van der Waals surface area contributed by atoms with E-state index in [-0.39, 0.29) is 43.4 Å². The minimum absolute atomic E-state index is 0.182. The summed E-state index contributed by atoms with van der Waals surface area (Å²) in [5.74, 6) is -0.368. The quantitative estimate of drug-likeness (QED) is 0.252. The third-order valence-corrected chi connectivity index (χ3v) is 5.06. The van der Waals surface area contributed by atoms with Gasteiger partial charge in [-0.1, -0.05) is 34.1 Å². The van der Waals surface area contributed by atoms with E-state index in [1.165, 1.54) is 11.8 Å². The second kappa shape index (κ2) is 15.7. The molecule has 158 valence electrons. The molecular formula is C19H34O7S. The summed E-state index contributed by atoms with van der Waals surface area (Å²) < 4.78 is 15.0. The molecule has 7 nitrogen and oxygen atoms in total. The van der Waals surface area contributed by atoms with Crippen molar-refractivity contribution >= 4 is 29.7 Å². The molecule has 0 saturated heterocycles. The topological polar surface area (TPSA) is 99.1 Å². The molecular weight excluding hydrogens is 372 g/mol. The van der Waals surface area contributed by atoms with Crippen molar-refractivity contribution in [2.45, 2.75) is 59.5 Å². The molecule has 3 atom stereocenters. The van der Waals surface area contributed by atoms with E-state index in [4.69, 9.17) is 14.2 Å². The Hall–Kier alpha value is -1.28. The van der Waals surface area contributed by atoms with Gasteiger partial charge in [0, 0.05) is 11.5 Å². The predicted molar refractivity (Wildman–Crippen MR) is 104 cm³/mol. The first-order valence-corrected chi connectivity index (χ1v) is 10.7. The molecule has 0 fully saturated rings. The van der Waals surface area contributed by atoms with Crippen LogP contribution in [-0.4, -0.2) is 60.4 Å². The highest BCUT2D eigenvalue weighted by atomic mass is 32.2. The maximum atomic E-state index is 11.7. The molecule has 0 radical (unpaired) electrons. The van der Waals surface area contributed by atoms with Crippen LogP contribution in [-0.2, 0) is 28.6 Å². The Morgan fingerprint density at radius 3 is 2.22 bits per heavy atom. The summed E-state index contributed by atoms with van der Waals surface area (Å²) in [7, 11) is 0. The summed E-state index contributed by atoms with van der Waals surface area (Å²) in [5.41, 5.74) is 0. The smallest absolute Gasteiger partial charge is 0.309 e. The average molecular weight is 407 g/mol. The number of carbonyl (C=O) groups is 3. The lowest BCUT2D eigenvalue weighted by Gasteiger charge is -2.14. The van der Waals surface area contributed by atoms with Crippen LogP contribution in [0.2, 0.25) is 0 Å². The summed E-state index contributed by atoms with van der Waals surface area (Å²) >= 11 is 1.48. The van der Waals surface area contributed by atoms with Crippen molar-refractivity contribution in [3.8, 4) is 0 Å². The molecule has 3 unspecified atom stereocenters. The summed E-state index contributed by atoms with van der Waals surface area (Å²) in [6.07, 6.45) is 1.65. The first-order valence-electron chi connectivity index (χ1n) is 9.56. The molecule has 0 bridgehead atoms. The number of rotatable bonds is 15. The van der Waals surface area contributed by atoms with Gasteiger partial charge in [0.2, 0.25) is 0 Å². The standard InChI is InChI=1S/C19H34O7S/c1-5-7-9-24-19(23)15(4)13-27-10-8-17(21)25-11-16(20)12-26-18(22)14(3)6-2/h14-16,20H,5-13H2,1-4H3. The van der Waals surface area contributed by atoms with Gasteiger partial charge in [0.1, 0.15) is 19.3 Å². The van der Waals surface area contributed by atoms with Crippen LogP contribution in [0.15, 0.2) is 0 Å². The van der Waals surface area contributed by atoms with Crippen LogP contribution in [0.4, 0.5) is 0 Å². The van der Waals surface area contributed by atoms with Crippen LogP contribution in [0.1, 0.15) is 53.4 Å². The van der Waals surface area contributed by atoms with Crippen LogP contribution >= 0.6 is 11.8 Å². The van der Waals surface area contributed by atoms with Gasteiger partial charge in [-0.3, -0.25) is 14.4 Å². The lowest BCUT2D eigenvalue weighted by atomic mass is 10.1. The SMILES string of the molecule is CCCCOC(=O)C(C)CSCCC(=O)OCC(O)COC(=O)C(C)CC. The molecule has 0 spiro atoms. The minimum atomic E-state index is -1.03. The Kier molecular flexibility index (Phi) is 15.0. The Balaban J connectivity index is 3.76. The maximum Gasteiger partial charge on any atom is 0.309 e. The van der Waals surface area contributed by atoms with Gasteiger partial charge >= 0.3 is 17.9 Å². The van der Waals surface area contributed by atoms with Crippen molar-refractivity contribution in [3.05, 3.63) is 0 Å². The maximum absolute atomic E-state index is 11.7. The van der Waals surface area contributed by atoms with Gasteiger partial charge in [-0.15, -0.1) is 0 Å². The number of aliphatic hydroxyl groups is 1. The van der Waals surface area contributed by atoms with E-state index in [1.54, 1.807) is 13.8 Å². The number of thioether (sulfide) groups is 1. The molecule has 0 aromatic rings. The molecule has 0 aliphatic carbocycles. The van der Waals surface area contributed by atoms with Gasteiger partial charge in [-0.25, -0.2) is 0 Å². The van der Waals surface area contributed by atoms with Crippen molar-refractivity contribution in [2.24, 2.45) is 11.8 Å². The summed E-state index contributed by atoms with van der Waals surface area (Å²) in [6.45, 7) is 7.50. The van der Waals surface area contributed by atoms with E-state index in [0.29, 0.717) is 24.5 Å². The number of ether oxygens (including phenoxy) is 3. The Morgan fingerprint density at radius 1 is 0.963 bits per heavy atom. The zero-order chi connectivity index (χ0) is 20.7. The van der Waals surface area contributed by atoms with Crippen molar-refractivity contribution < 1.29 is 33.7 Å². The molecule has 0 aliphatic rings. The van der Waals surface area contributed by atoms with Gasteiger partial charge in [0.25, 0.3) is 0 Å². The Labute approximate surface area is 166 Å². The monoisotopic (exact) mass is 406 g/mol. The van der Waals surface area contributed by atoms with Crippen LogP contribution in [0.5, 0.6) is 0 Å². The van der Waals surface area contributed by atoms with Gasteiger partial charge in [-0.05, 0) is 12.8 Å². The molecule has 1 N–H and O–H groups in total. The third-order valence-electron chi connectivity index (χ3n) is 3.83. The Morgan fingerprint density at radius 2 is 1.59 bits per heavy atom. The fourth-order valence-corrected chi connectivity index (χ4v) is 2.71. The largest absolute Gasteiger partial charge is 0.465 e. The number of hydrogen-bond donors (Lipinski definition) is 1. The van der Waals surface area contributed by atoms with Crippen LogP contribution < -0.4 is 0 Å². The van der Waals surface area contributed by atoms with E-state index in [9.17, 15) is 19.5 Å². The second-order valence-electron chi connectivity index (χ2n) is 6.52. The summed E-state index contributed by atoms with van der Waals surface area (Å²) in [6, 6.07) is 0. The molecule has 0 amide bonds. The lowest BCUT2D eigenvalue weighted by Crippen LogP contribution is -2.27. The van der Waals surface area contributed by atoms with E-state index in [1.807, 2.05) is 13.8 Å². The molecule has 27 heavy (non-hydrogen) atoms. The number of unbranched alkanes of at least 4 members (excludes halogenated alkanes) is 1. The normalized spacial score (nSPS) is 14.1. The molecule has 0 heterocycles. The van der Waals surface area contributed by atoms with Crippen molar-refractivity contribution in [3.63, 3.8) is 0 Å². The second-order valence-corrected chi connectivity index (χ2v) is 7.67. The molecule has 0 saturated carbocycles. The average Bonchev–Trinajstić information content (AvgIpc) is 2.66. The fourth-order valence-electron chi connectivity index (χ4n) is 1.74. The van der Waals surface area contributed by atoms with Crippen LogP contribution in [0.3, 0.4) is 0 Å². The summed E-state index contributed by atoms with van der Waals surface area (Å²) in [4.78, 5) is 34.8. The highest BCUT2D eigenvalue weighted by molar-refractivity contribution is 7.99. The molecule has 0 aromatic carbocycles.